The predicted octanol–water partition coefficient (Wildman–Crippen LogP) is 8.94. The minimum Gasteiger partial charge on any atom is -0.456 e. The molecule has 0 saturated heterocycles. The summed E-state index contributed by atoms with van der Waals surface area (Å²) < 4.78 is 6.37. The van der Waals surface area contributed by atoms with Crippen LogP contribution >= 0.6 is 0 Å². The summed E-state index contributed by atoms with van der Waals surface area (Å²) in [7, 11) is 0. The molecule has 0 bridgehead atoms. The molecular weight excluding hydrogens is 528 g/mol. The van der Waals surface area contributed by atoms with Crippen molar-refractivity contribution in [1.82, 2.24) is 10.3 Å². The maximum Gasteiger partial charge on any atom is 0.169 e. The lowest BCUT2D eigenvalue weighted by molar-refractivity contribution is 0.669. The van der Waals surface area contributed by atoms with E-state index in [1.54, 1.807) is 0 Å². The van der Waals surface area contributed by atoms with E-state index in [0.29, 0.717) is 0 Å². The van der Waals surface area contributed by atoms with Crippen molar-refractivity contribution >= 4 is 65.9 Å². The molecule has 1 aliphatic rings. The average Bonchev–Trinajstić information content (AvgIpc) is 3.44. The zero-order valence-electron chi connectivity index (χ0n) is 23.0. The van der Waals surface area contributed by atoms with E-state index in [4.69, 9.17) is 14.4 Å². The highest BCUT2D eigenvalue weighted by Crippen LogP contribution is 2.36. The Morgan fingerprint density at radius 3 is 2.16 bits per heavy atom. The zero-order chi connectivity index (χ0) is 28.3. The number of hydrogen-bond donors (Lipinski definition) is 1. The largest absolute Gasteiger partial charge is 0.456 e. The van der Waals surface area contributed by atoms with E-state index in [-0.39, 0.29) is 0 Å². The molecule has 8 aromatic rings. The maximum absolute atomic E-state index is 6.37. The van der Waals surface area contributed by atoms with Crippen molar-refractivity contribution in [3.05, 3.63) is 150 Å². The molecule has 5 nitrogen and oxygen atoms in total. The summed E-state index contributed by atoms with van der Waals surface area (Å²) in [6, 6.07) is 42.2. The molecule has 43 heavy (non-hydrogen) atoms. The Morgan fingerprint density at radius 2 is 1.30 bits per heavy atom. The maximum atomic E-state index is 6.37. The summed E-state index contributed by atoms with van der Waals surface area (Å²) >= 11 is 0. The van der Waals surface area contributed by atoms with Crippen molar-refractivity contribution in [2.45, 2.75) is 6.17 Å². The lowest BCUT2D eigenvalue weighted by Crippen LogP contribution is -2.36. The Labute approximate surface area is 246 Å². The van der Waals surface area contributed by atoms with Crippen LogP contribution in [0.2, 0.25) is 0 Å². The van der Waals surface area contributed by atoms with Gasteiger partial charge in [0.2, 0.25) is 0 Å². The van der Waals surface area contributed by atoms with Gasteiger partial charge in [-0.1, -0.05) is 84.9 Å². The quantitative estimate of drug-likeness (QED) is 0.238. The van der Waals surface area contributed by atoms with Gasteiger partial charge in [0.25, 0.3) is 0 Å². The molecule has 202 valence electrons. The molecule has 1 N–H and O–H groups in total. The number of furan rings is 1. The second kappa shape index (κ2) is 9.36. The number of aliphatic imine (C=N–C) groups is 2. The van der Waals surface area contributed by atoms with Gasteiger partial charge in [-0.2, -0.15) is 0 Å². The van der Waals surface area contributed by atoms with Gasteiger partial charge in [-0.15, -0.1) is 0 Å². The molecule has 0 amide bonds. The molecule has 6 aromatic carbocycles. The van der Waals surface area contributed by atoms with Crippen LogP contribution in [0.25, 0.3) is 54.3 Å². The van der Waals surface area contributed by atoms with Gasteiger partial charge in [0, 0.05) is 39.7 Å². The number of amidine groups is 2. The van der Waals surface area contributed by atoms with Crippen LogP contribution in [0.5, 0.6) is 0 Å². The van der Waals surface area contributed by atoms with Crippen molar-refractivity contribution in [2.75, 3.05) is 0 Å². The Balaban J connectivity index is 1.25. The molecule has 1 atom stereocenters. The Morgan fingerprint density at radius 1 is 0.558 bits per heavy atom. The van der Waals surface area contributed by atoms with E-state index < -0.39 is 6.17 Å². The van der Waals surface area contributed by atoms with Gasteiger partial charge >= 0.3 is 0 Å². The Bertz CT molecular complexity index is 2450. The first-order chi connectivity index (χ1) is 21.3. The van der Waals surface area contributed by atoms with Gasteiger partial charge in [-0.3, -0.25) is 4.98 Å². The number of fused-ring (bicyclic) bond motifs is 6. The molecule has 1 unspecified atom stereocenters. The van der Waals surface area contributed by atoms with Gasteiger partial charge in [-0.25, -0.2) is 9.98 Å². The monoisotopic (exact) mass is 552 g/mol. The van der Waals surface area contributed by atoms with Crippen molar-refractivity contribution in [3.8, 4) is 0 Å². The average molecular weight is 553 g/mol. The lowest BCUT2D eigenvalue weighted by atomic mass is 10.0. The third-order valence-corrected chi connectivity index (χ3v) is 8.34. The van der Waals surface area contributed by atoms with Crippen molar-refractivity contribution in [1.29, 1.82) is 0 Å². The highest BCUT2D eigenvalue weighted by atomic mass is 16.3. The zero-order valence-corrected chi connectivity index (χ0v) is 23.0. The molecular formula is C38H24N4O. The number of hydrogen-bond acceptors (Lipinski definition) is 5. The smallest absolute Gasteiger partial charge is 0.169 e. The highest BCUT2D eigenvalue weighted by Gasteiger charge is 2.24. The normalized spacial score (nSPS) is 15.2. The van der Waals surface area contributed by atoms with Crippen LogP contribution in [-0.2, 0) is 0 Å². The minimum absolute atomic E-state index is 0.414. The molecule has 5 heteroatoms. The lowest BCUT2D eigenvalue weighted by Gasteiger charge is -2.23. The summed E-state index contributed by atoms with van der Waals surface area (Å²) in [4.78, 5) is 14.7. The molecule has 1 aliphatic heterocycles. The number of nitrogens with zero attached hydrogens (tertiary/aromatic N) is 3. The molecule has 0 saturated carbocycles. The van der Waals surface area contributed by atoms with E-state index in [1.165, 1.54) is 21.5 Å². The number of rotatable bonds is 3. The van der Waals surface area contributed by atoms with Gasteiger partial charge in [0.15, 0.2) is 6.17 Å². The number of pyridine rings is 1. The molecule has 0 spiro atoms. The molecule has 2 aromatic heterocycles. The van der Waals surface area contributed by atoms with Crippen LogP contribution in [0, 0.1) is 0 Å². The molecule has 0 aliphatic carbocycles. The number of nitrogens with one attached hydrogen (secondary N) is 1. The Kier molecular flexibility index (Phi) is 5.19. The summed E-state index contributed by atoms with van der Waals surface area (Å²) in [5.74, 6) is 1.55. The highest BCUT2D eigenvalue weighted by molar-refractivity contribution is 6.24. The SMILES string of the molecule is c1ccc2cc(C3=NC(c4ccc5ccccc5c4)N=C(c4cccc5oc6cc7cnccc7cc6c45)N3)ccc2c1. The summed E-state index contributed by atoms with van der Waals surface area (Å²) in [6.45, 7) is 0. The first-order valence-electron chi connectivity index (χ1n) is 14.4. The minimum atomic E-state index is -0.414. The first-order valence-corrected chi connectivity index (χ1v) is 14.4. The summed E-state index contributed by atoms with van der Waals surface area (Å²) in [5.41, 5.74) is 4.67. The van der Waals surface area contributed by atoms with Crippen LogP contribution in [0.4, 0.5) is 0 Å². The first kappa shape index (κ1) is 23.9. The van der Waals surface area contributed by atoms with E-state index in [0.717, 1.165) is 61.1 Å². The van der Waals surface area contributed by atoms with Crippen LogP contribution in [0.1, 0.15) is 22.9 Å². The topological polar surface area (TPSA) is 62.8 Å². The van der Waals surface area contributed by atoms with Crippen LogP contribution in [-0.4, -0.2) is 16.7 Å². The molecule has 0 fully saturated rings. The molecule has 0 radical (unpaired) electrons. The van der Waals surface area contributed by atoms with Crippen LogP contribution < -0.4 is 5.32 Å². The second-order valence-corrected chi connectivity index (χ2v) is 11.0. The summed E-state index contributed by atoms with van der Waals surface area (Å²) in [6.07, 6.45) is 3.28. The molecule has 3 heterocycles. The molecule has 9 rings (SSSR count). The van der Waals surface area contributed by atoms with Gasteiger partial charge in [0.1, 0.15) is 22.8 Å². The van der Waals surface area contributed by atoms with Crippen molar-refractivity contribution in [3.63, 3.8) is 0 Å². The van der Waals surface area contributed by atoms with E-state index in [2.05, 4.69) is 113 Å². The number of benzene rings is 6. The Hall–Kier alpha value is -5.81. The van der Waals surface area contributed by atoms with E-state index >= 15 is 0 Å². The predicted molar refractivity (Wildman–Crippen MR) is 176 cm³/mol. The van der Waals surface area contributed by atoms with E-state index in [1.807, 2.05) is 30.6 Å². The fourth-order valence-electron chi connectivity index (χ4n) is 6.19. The third-order valence-electron chi connectivity index (χ3n) is 8.34. The van der Waals surface area contributed by atoms with Crippen LogP contribution in [0.3, 0.4) is 0 Å². The van der Waals surface area contributed by atoms with E-state index in [9.17, 15) is 0 Å². The van der Waals surface area contributed by atoms with Crippen LogP contribution in [0.15, 0.2) is 148 Å². The van der Waals surface area contributed by atoms with Gasteiger partial charge in [-0.05, 0) is 68.9 Å². The van der Waals surface area contributed by atoms with Gasteiger partial charge in [0.05, 0.1) is 0 Å². The van der Waals surface area contributed by atoms with Gasteiger partial charge < -0.3 is 9.73 Å². The fourth-order valence-corrected chi connectivity index (χ4v) is 6.19. The van der Waals surface area contributed by atoms with Crippen molar-refractivity contribution < 1.29 is 4.42 Å². The third kappa shape index (κ3) is 3.97. The van der Waals surface area contributed by atoms with Crippen molar-refractivity contribution in [2.24, 2.45) is 9.98 Å². The standard InChI is InChI=1S/C38H24N4O/c1-3-8-25-18-28(14-12-23(25)6-1)36-40-37(29-15-13-24-7-2-4-9-26(24)19-29)42-38(41-36)31-10-5-11-33-35(31)32-20-27-16-17-39-22-30(27)21-34(32)43-33/h1-22,36H,(H,40,41,42). The number of aromatic nitrogens is 1. The summed E-state index contributed by atoms with van der Waals surface area (Å²) in [5, 5.41) is 12.6. The second-order valence-electron chi connectivity index (χ2n) is 11.0. The fraction of sp³-hybridized carbons (Fsp3) is 0.0263.